The van der Waals surface area contributed by atoms with Crippen LogP contribution in [0, 0.1) is 0 Å². The first kappa shape index (κ1) is 10.2. The summed E-state index contributed by atoms with van der Waals surface area (Å²) in [5.41, 5.74) is 0.417. The lowest BCUT2D eigenvalue weighted by Crippen LogP contribution is -1.94. The van der Waals surface area contributed by atoms with Gasteiger partial charge in [-0.25, -0.2) is 4.79 Å². The van der Waals surface area contributed by atoms with Crippen LogP contribution in [0.1, 0.15) is 5.56 Å². The normalized spacial score (nSPS) is 11.0. The molecule has 0 amide bonds. The summed E-state index contributed by atoms with van der Waals surface area (Å²) in [5, 5.41) is 21.8. The molecule has 3 heteroatoms. The van der Waals surface area contributed by atoms with Crippen LogP contribution in [0.2, 0.25) is 0 Å². The molecule has 2 rings (SSSR count). The van der Waals surface area contributed by atoms with Crippen molar-refractivity contribution in [1.29, 1.82) is 0 Å². The molecule has 0 saturated carbocycles. The van der Waals surface area contributed by atoms with E-state index in [1.807, 2.05) is 18.2 Å². The van der Waals surface area contributed by atoms with E-state index in [0.29, 0.717) is 5.56 Å². The fourth-order valence-electron chi connectivity index (χ4n) is 1.60. The second-order valence-electron chi connectivity index (χ2n) is 3.37. The molecule has 0 heterocycles. The highest BCUT2D eigenvalue weighted by molar-refractivity contribution is 5.96. The third kappa shape index (κ3) is 1.88. The van der Waals surface area contributed by atoms with Crippen LogP contribution < -0.4 is 5.11 Å². The highest BCUT2D eigenvalue weighted by Gasteiger charge is 1.98. The molecule has 2 aromatic rings. The Balaban J connectivity index is 2.66. The van der Waals surface area contributed by atoms with E-state index in [4.69, 9.17) is 5.11 Å². The first-order valence-corrected chi connectivity index (χ1v) is 4.78. The Morgan fingerprint density at radius 3 is 2.69 bits per heavy atom. The van der Waals surface area contributed by atoms with Crippen molar-refractivity contribution in [2.75, 3.05) is 0 Å². The molecule has 0 fully saturated rings. The number of benzene rings is 2. The molecular weight excluding hydrogens is 204 g/mol. The predicted octanol–water partition coefficient (Wildman–Crippen LogP) is 2.01. The first-order chi connectivity index (χ1) is 7.68. The average Bonchev–Trinajstić information content (AvgIpc) is 2.27. The summed E-state index contributed by atoms with van der Waals surface area (Å²) in [4.78, 5) is 10.4. The van der Waals surface area contributed by atoms with Crippen molar-refractivity contribution in [2.45, 2.75) is 0 Å². The minimum Gasteiger partial charge on any atom is -0.872 e. The van der Waals surface area contributed by atoms with Crippen molar-refractivity contribution in [3.63, 3.8) is 0 Å². The van der Waals surface area contributed by atoms with Crippen LogP contribution in [0.5, 0.6) is 5.75 Å². The number of fused-ring (bicyclic) bond motifs is 1. The second kappa shape index (κ2) is 4.06. The van der Waals surface area contributed by atoms with E-state index in [9.17, 15) is 9.90 Å². The van der Waals surface area contributed by atoms with Crippen molar-refractivity contribution in [2.24, 2.45) is 0 Å². The van der Waals surface area contributed by atoms with Gasteiger partial charge in [0.15, 0.2) is 0 Å². The van der Waals surface area contributed by atoms with E-state index in [1.54, 1.807) is 12.1 Å². The molecule has 3 nitrogen and oxygen atoms in total. The molecule has 1 N–H and O–H groups in total. The Morgan fingerprint density at radius 1 is 1.19 bits per heavy atom. The van der Waals surface area contributed by atoms with Gasteiger partial charge in [0.05, 0.1) is 0 Å². The fraction of sp³-hybridized carbons (Fsp3) is 0. The van der Waals surface area contributed by atoms with Crippen LogP contribution in [0.25, 0.3) is 16.8 Å². The van der Waals surface area contributed by atoms with Gasteiger partial charge in [0.1, 0.15) is 0 Å². The maximum absolute atomic E-state index is 11.6. The number of hydrogen-bond donors (Lipinski definition) is 1. The number of carboxylic acids is 1. The van der Waals surface area contributed by atoms with Crippen LogP contribution in [0.4, 0.5) is 0 Å². The molecule has 80 valence electrons. The van der Waals surface area contributed by atoms with E-state index in [0.717, 1.165) is 16.8 Å². The van der Waals surface area contributed by atoms with Gasteiger partial charge >= 0.3 is 5.97 Å². The van der Waals surface area contributed by atoms with Crippen LogP contribution in [0.3, 0.4) is 0 Å². The quantitative estimate of drug-likeness (QED) is 0.776. The SMILES string of the molecule is O=C(O)/C=C/c1c([O-])ccc2ccccc12. The number of rotatable bonds is 2. The number of hydrogen-bond acceptors (Lipinski definition) is 2. The minimum absolute atomic E-state index is 0.170. The van der Waals surface area contributed by atoms with Crippen molar-refractivity contribution in [3.8, 4) is 5.75 Å². The third-order valence-electron chi connectivity index (χ3n) is 2.32. The molecule has 2 aromatic carbocycles. The summed E-state index contributed by atoms with van der Waals surface area (Å²) in [6.07, 6.45) is 2.32. The van der Waals surface area contributed by atoms with E-state index in [2.05, 4.69) is 0 Å². The number of carbonyl (C=O) groups is 1. The van der Waals surface area contributed by atoms with Gasteiger partial charge in [-0.1, -0.05) is 36.4 Å². The van der Waals surface area contributed by atoms with Crippen LogP contribution in [-0.4, -0.2) is 11.1 Å². The van der Waals surface area contributed by atoms with Gasteiger partial charge in [-0.2, -0.15) is 0 Å². The summed E-state index contributed by atoms with van der Waals surface area (Å²) in [6.45, 7) is 0. The van der Waals surface area contributed by atoms with Crippen molar-refractivity contribution >= 4 is 22.8 Å². The van der Waals surface area contributed by atoms with Crippen LogP contribution in [0.15, 0.2) is 42.5 Å². The van der Waals surface area contributed by atoms with Gasteiger partial charge in [0, 0.05) is 6.08 Å². The van der Waals surface area contributed by atoms with E-state index in [1.165, 1.54) is 12.1 Å². The molecule has 0 spiro atoms. The second-order valence-corrected chi connectivity index (χ2v) is 3.37. The largest absolute Gasteiger partial charge is 0.872 e. The zero-order valence-corrected chi connectivity index (χ0v) is 8.38. The standard InChI is InChI=1S/C13H10O3/c14-12-7-5-9-3-1-2-4-10(9)11(12)6-8-13(15)16/h1-8,14H,(H,15,16)/p-1/b8-6+. The fourth-order valence-corrected chi connectivity index (χ4v) is 1.60. The van der Waals surface area contributed by atoms with Crippen LogP contribution in [-0.2, 0) is 4.79 Å². The Bertz CT molecular complexity index is 570. The molecule has 0 aliphatic carbocycles. The highest BCUT2D eigenvalue weighted by Crippen LogP contribution is 2.26. The summed E-state index contributed by atoms with van der Waals surface area (Å²) in [7, 11) is 0. The lowest BCUT2D eigenvalue weighted by Gasteiger charge is -2.12. The number of carboxylic acid groups (broad SMARTS) is 1. The molecule has 0 bridgehead atoms. The smallest absolute Gasteiger partial charge is 0.328 e. The third-order valence-corrected chi connectivity index (χ3v) is 2.32. The van der Waals surface area contributed by atoms with Gasteiger partial charge in [-0.15, -0.1) is 5.75 Å². The molecule has 0 radical (unpaired) electrons. The summed E-state index contributed by atoms with van der Waals surface area (Å²) in [5.74, 6) is -1.23. The van der Waals surface area contributed by atoms with Crippen molar-refractivity contribution < 1.29 is 15.0 Å². The van der Waals surface area contributed by atoms with Gasteiger partial charge in [0.25, 0.3) is 0 Å². The Morgan fingerprint density at radius 2 is 1.94 bits per heavy atom. The monoisotopic (exact) mass is 213 g/mol. The zero-order valence-electron chi connectivity index (χ0n) is 8.38. The summed E-state index contributed by atoms with van der Waals surface area (Å²) < 4.78 is 0. The maximum atomic E-state index is 11.6. The van der Waals surface area contributed by atoms with Crippen molar-refractivity contribution in [1.82, 2.24) is 0 Å². The van der Waals surface area contributed by atoms with E-state index >= 15 is 0 Å². The summed E-state index contributed by atoms with van der Waals surface area (Å²) >= 11 is 0. The molecule has 0 saturated heterocycles. The Labute approximate surface area is 92.3 Å². The molecule has 0 aliphatic rings. The summed E-state index contributed by atoms with van der Waals surface area (Å²) in [6, 6.07) is 10.6. The Hall–Kier alpha value is -2.29. The lowest BCUT2D eigenvalue weighted by atomic mass is 10.0. The molecule has 0 unspecified atom stereocenters. The molecule has 0 aromatic heterocycles. The average molecular weight is 213 g/mol. The zero-order chi connectivity index (χ0) is 11.5. The minimum atomic E-state index is -1.06. The van der Waals surface area contributed by atoms with Gasteiger partial charge in [-0.3, -0.25) is 0 Å². The molecule has 16 heavy (non-hydrogen) atoms. The van der Waals surface area contributed by atoms with Gasteiger partial charge in [-0.05, 0) is 22.4 Å². The predicted molar refractivity (Wildman–Crippen MR) is 60.1 cm³/mol. The number of aliphatic carboxylic acids is 1. The van der Waals surface area contributed by atoms with E-state index in [-0.39, 0.29) is 5.75 Å². The maximum Gasteiger partial charge on any atom is 0.328 e. The van der Waals surface area contributed by atoms with Crippen molar-refractivity contribution in [3.05, 3.63) is 48.0 Å². The lowest BCUT2D eigenvalue weighted by molar-refractivity contribution is -0.268. The first-order valence-electron chi connectivity index (χ1n) is 4.78. The van der Waals surface area contributed by atoms with Crippen LogP contribution >= 0.6 is 0 Å². The van der Waals surface area contributed by atoms with Gasteiger partial charge < -0.3 is 10.2 Å². The topological polar surface area (TPSA) is 60.4 Å². The molecule has 0 aliphatic heterocycles. The molecule has 0 atom stereocenters. The van der Waals surface area contributed by atoms with Gasteiger partial charge in [0.2, 0.25) is 0 Å². The van der Waals surface area contributed by atoms with E-state index < -0.39 is 5.97 Å². The Kier molecular flexibility index (Phi) is 2.60. The molecular formula is C13H9O3-. The highest BCUT2D eigenvalue weighted by atomic mass is 16.4.